The van der Waals surface area contributed by atoms with Crippen molar-refractivity contribution in [2.45, 2.75) is 6.92 Å². The summed E-state index contributed by atoms with van der Waals surface area (Å²) in [6.45, 7) is 1.00. The van der Waals surface area contributed by atoms with Gasteiger partial charge < -0.3 is 14.4 Å². The SMILES string of the molecule is COC(=O)CN(C=O)c1ccccc1OC(C)=O. The quantitative estimate of drug-likeness (QED) is 0.438. The molecule has 0 bridgehead atoms. The molecule has 1 aromatic rings. The van der Waals surface area contributed by atoms with Gasteiger partial charge in [0.2, 0.25) is 6.41 Å². The van der Waals surface area contributed by atoms with Crippen molar-refractivity contribution in [1.29, 1.82) is 0 Å². The molecule has 96 valence electrons. The first-order chi connectivity index (χ1) is 8.58. The number of benzene rings is 1. The molecule has 0 aliphatic carbocycles. The first kappa shape index (κ1) is 13.7. The van der Waals surface area contributed by atoms with Crippen molar-refractivity contribution in [3.63, 3.8) is 0 Å². The molecular weight excluding hydrogens is 238 g/mol. The van der Waals surface area contributed by atoms with Gasteiger partial charge >= 0.3 is 11.9 Å². The second kappa shape index (κ2) is 6.39. The van der Waals surface area contributed by atoms with Crippen LogP contribution in [0.4, 0.5) is 5.69 Å². The van der Waals surface area contributed by atoms with Crippen LogP contribution < -0.4 is 9.64 Å². The lowest BCUT2D eigenvalue weighted by Gasteiger charge is -2.18. The Morgan fingerprint density at radius 3 is 2.56 bits per heavy atom. The third-order valence-electron chi connectivity index (χ3n) is 2.08. The van der Waals surface area contributed by atoms with Gasteiger partial charge in [-0.05, 0) is 12.1 Å². The first-order valence-electron chi connectivity index (χ1n) is 5.14. The van der Waals surface area contributed by atoms with E-state index >= 15 is 0 Å². The number of carbonyl (C=O) groups excluding carboxylic acids is 3. The van der Waals surface area contributed by atoms with Crippen molar-refractivity contribution < 1.29 is 23.9 Å². The van der Waals surface area contributed by atoms with Crippen LogP contribution >= 0.6 is 0 Å². The van der Waals surface area contributed by atoms with Gasteiger partial charge in [0.05, 0.1) is 12.8 Å². The van der Waals surface area contributed by atoms with Gasteiger partial charge in [0.25, 0.3) is 0 Å². The fraction of sp³-hybridized carbons (Fsp3) is 0.250. The van der Waals surface area contributed by atoms with E-state index in [4.69, 9.17) is 4.74 Å². The summed E-state index contributed by atoms with van der Waals surface area (Å²) < 4.78 is 9.43. The normalized spacial score (nSPS) is 9.44. The Morgan fingerprint density at radius 1 is 1.33 bits per heavy atom. The van der Waals surface area contributed by atoms with Crippen LogP contribution in [0.1, 0.15) is 6.92 Å². The molecule has 0 N–H and O–H groups in total. The van der Waals surface area contributed by atoms with Crippen LogP contribution in [0.2, 0.25) is 0 Å². The Labute approximate surface area is 104 Å². The number of anilines is 1. The number of esters is 2. The standard InChI is InChI=1S/C12H13NO5/c1-9(15)18-11-6-4-3-5-10(11)13(8-14)7-12(16)17-2/h3-6,8H,7H2,1-2H3. The van der Waals surface area contributed by atoms with Gasteiger partial charge in [-0.1, -0.05) is 12.1 Å². The molecule has 1 amide bonds. The number of methoxy groups -OCH3 is 1. The second-order valence-corrected chi connectivity index (χ2v) is 3.37. The number of amides is 1. The summed E-state index contributed by atoms with van der Waals surface area (Å²) in [5.41, 5.74) is 0.327. The predicted molar refractivity (Wildman–Crippen MR) is 63.2 cm³/mol. The molecular formula is C12H13NO5. The minimum Gasteiger partial charge on any atom is -0.468 e. The van der Waals surface area contributed by atoms with Crippen molar-refractivity contribution >= 4 is 24.0 Å². The number of nitrogens with zero attached hydrogens (tertiary/aromatic N) is 1. The first-order valence-corrected chi connectivity index (χ1v) is 5.14. The lowest BCUT2D eigenvalue weighted by Crippen LogP contribution is -2.29. The zero-order chi connectivity index (χ0) is 13.5. The zero-order valence-electron chi connectivity index (χ0n) is 10.1. The summed E-state index contributed by atoms with van der Waals surface area (Å²) in [4.78, 5) is 34.2. The molecule has 0 aliphatic rings. The summed E-state index contributed by atoms with van der Waals surface area (Å²) >= 11 is 0. The summed E-state index contributed by atoms with van der Waals surface area (Å²) in [7, 11) is 1.23. The van der Waals surface area contributed by atoms with Crippen LogP contribution in [0.5, 0.6) is 5.75 Å². The summed E-state index contributed by atoms with van der Waals surface area (Å²) in [6, 6.07) is 6.42. The molecule has 0 unspecified atom stereocenters. The van der Waals surface area contributed by atoms with Crippen LogP contribution in [0, 0.1) is 0 Å². The molecule has 18 heavy (non-hydrogen) atoms. The molecule has 6 heteroatoms. The number of carbonyl (C=O) groups is 3. The molecule has 0 heterocycles. The lowest BCUT2D eigenvalue weighted by molar-refractivity contribution is -0.139. The molecule has 0 atom stereocenters. The number of hydrogen-bond donors (Lipinski definition) is 0. The van der Waals surface area contributed by atoms with E-state index < -0.39 is 11.9 Å². The van der Waals surface area contributed by atoms with E-state index in [9.17, 15) is 14.4 Å². The smallest absolute Gasteiger partial charge is 0.325 e. The van der Waals surface area contributed by atoms with E-state index in [0.29, 0.717) is 12.1 Å². The van der Waals surface area contributed by atoms with Gasteiger partial charge in [-0.3, -0.25) is 14.4 Å². The van der Waals surface area contributed by atoms with Crippen molar-refractivity contribution in [1.82, 2.24) is 0 Å². The van der Waals surface area contributed by atoms with Gasteiger partial charge in [-0.15, -0.1) is 0 Å². The van der Waals surface area contributed by atoms with E-state index in [0.717, 1.165) is 4.90 Å². The van der Waals surface area contributed by atoms with Crippen LogP contribution in [-0.4, -0.2) is 32.0 Å². The van der Waals surface area contributed by atoms with Crippen molar-refractivity contribution in [2.24, 2.45) is 0 Å². The molecule has 0 aromatic heterocycles. The highest BCUT2D eigenvalue weighted by Gasteiger charge is 2.16. The van der Waals surface area contributed by atoms with E-state index in [1.54, 1.807) is 18.2 Å². The highest BCUT2D eigenvalue weighted by atomic mass is 16.5. The maximum absolute atomic E-state index is 11.2. The minimum atomic E-state index is -0.570. The van der Waals surface area contributed by atoms with E-state index in [1.165, 1.54) is 20.1 Å². The highest BCUT2D eigenvalue weighted by Crippen LogP contribution is 2.27. The maximum atomic E-state index is 11.2. The molecule has 0 fully saturated rings. The predicted octanol–water partition coefficient (Wildman–Crippen LogP) is 0.748. The summed E-state index contributed by atoms with van der Waals surface area (Å²) in [6.07, 6.45) is 0.471. The maximum Gasteiger partial charge on any atom is 0.325 e. The Balaban J connectivity index is 3.01. The molecule has 0 aliphatic heterocycles. The molecule has 1 aromatic carbocycles. The van der Waals surface area contributed by atoms with Gasteiger partial charge in [-0.2, -0.15) is 0 Å². The Kier molecular flexibility index (Phi) is 4.86. The molecule has 6 nitrogen and oxygen atoms in total. The van der Waals surface area contributed by atoms with Crippen LogP contribution in [0.15, 0.2) is 24.3 Å². The lowest BCUT2D eigenvalue weighted by atomic mass is 10.2. The monoisotopic (exact) mass is 251 g/mol. The fourth-order valence-corrected chi connectivity index (χ4v) is 1.32. The average Bonchev–Trinajstić information content (AvgIpc) is 2.36. The summed E-state index contributed by atoms with van der Waals surface area (Å²) in [5, 5.41) is 0. The zero-order valence-corrected chi connectivity index (χ0v) is 10.1. The summed E-state index contributed by atoms with van der Waals surface area (Å²) in [5.74, 6) is -0.868. The molecule has 0 radical (unpaired) electrons. The largest absolute Gasteiger partial charge is 0.468 e. The van der Waals surface area contributed by atoms with Crippen molar-refractivity contribution in [2.75, 3.05) is 18.6 Å². The van der Waals surface area contributed by atoms with Crippen LogP contribution in [0.3, 0.4) is 0 Å². The fourth-order valence-electron chi connectivity index (χ4n) is 1.32. The number of rotatable bonds is 5. The Hall–Kier alpha value is -2.37. The van der Waals surface area contributed by atoms with Gasteiger partial charge in [0, 0.05) is 6.92 Å². The third kappa shape index (κ3) is 3.58. The van der Waals surface area contributed by atoms with Crippen molar-refractivity contribution in [3.8, 4) is 5.75 Å². The molecule has 0 saturated carbocycles. The van der Waals surface area contributed by atoms with Crippen molar-refractivity contribution in [3.05, 3.63) is 24.3 Å². The topological polar surface area (TPSA) is 72.9 Å². The number of para-hydroxylation sites is 2. The molecule has 1 rings (SSSR count). The van der Waals surface area contributed by atoms with Gasteiger partial charge in [0.1, 0.15) is 6.54 Å². The van der Waals surface area contributed by atoms with E-state index in [1.807, 2.05) is 0 Å². The second-order valence-electron chi connectivity index (χ2n) is 3.37. The molecule has 0 saturated heterocycles. The number of hydrogen-bond acceptors (Lipinski definition) is 5. The Bertz CT molecular complexity index is 458. The average molecular weight is 251 g/mol. The van der Waals surface area contributed by atoms with Crippen LogP contribution in [-0.2, 0) is 19.1 Å². The number of ether oxygens (including phenoxy) is 2. The van der Waals surface area contributed by atoms with E-state index in [2.05, 4.69) is 4.74 Å². The minimum absolute atomic E-state index is 0.209. The Morgan fingerprint density at radius 2 is 2.00 bits per heavy atom. The van der Waals surface area contributed by atoms with Gasteiger partial charge in [-0.25, -0.2) is 0 Å². The highest BCUT2D eigenvalue weighted by molar-refractivity contribution is 5.88. The van der Waals surface area contributed by atoms with E-state index in [-0.39, 0.29) is 12.3 Å². The molecule has 0 spiro atoms. The van der Waals surface area contributed by atoms with Gasteiger partial charge in [0.15, 0.2) is 5.75 Å². The third-order valence-corrected chi connectivity index (χ3v) is 2.08. The van der Waals surface area contributed by atoms with Crippen LogP contribution in [0.25, 0.3) is 0 Å².